The largest absolute Gasteiger partial charge is 0.396 e. The van der Waals surface area contributed by atoms with Crippen molar-refractivity contribution in [3.63, 3.8) is 0 Å². The highest BCUT2D eigenvalue weighted by Crippen LogP contribution is 2.06. The van der Waals surface area contributed by atoms with E-state index in [1.807, 2.05) is 13.8 Å². The van der Waals surface area contributed by atoms with Gasteiger partial charge < -0.3 is 5.11 Å². The van der Waals surface area contributed by atoms with Crippen LogP contribution in [-0.2, 0) is 0 Å². The molecule has 1 nitrogen and oxygen atoms in total. The van der Waals surface area contributed by atoms with Crippen LogP contribution >= 0.6 is 0 Å². The second-order valence-electron chi connectivity index (χ2n) is 2.12. The average Bonchev–Trinajstić information content (AvgIpc) is 1.84. The molecule has 0 fully saturated rings. The van der Waals surface area contributed by atoms with E-state index in [4.69, 9.17) is 11.5 Å². The zero-order valence-electron chi connectivity index (χ0n) is 5.39. The maximum atomic E-state index is 8.54. The molecule has 0 saturated carbocycles. The summed E-state index contributed by atoms with van der Waals surface area (Å²) in [5.41, 5.74) is 0. The van der Waals surface area contributed by atoms with E-state index in [-0.39, 0.29) is 18.4 Å². The molecule has 0 rings (SSSR count). The van der Waals surface area contributed by atoms with E-state index >= 15 is 0 Å². The zero-order valence-corrected chi connectivity index (χ0v) is 5.39. The fourth-order valence-corrected chi connectivity index (χ4v) is 0.322. The Kier molecular flexibility index (Phi) is 3.30. The first-order chi connectivity index (χ1) is 3.72. The highest BCUT2D eigenvalue weighted by Gasteiger charge is 2.05. The summed E-state index contributed by atoms with van der Waals surface area (Å²) in [6.07, 6.45) is 5.09. The predicted molar refractivity (Wildman–Crippen MR) is 34.2 cm³/mol. The Morgan fingerprint density at radius 3 is 2.25 bits per heavy atom. The maximum Gasteiger partial charge on any atom is 0.0468 e. The van der Waals surface area contributed by atoms with Crippen LogP contribution < -0.4 is 0 Å². The molecule has 0 spiro atoms. The van der Waals surface area contributed by atoms with Gasteiger partial charge in [0.2, 0.25) is 0 Å². The molecule has 0 aliphatic rings. The van der Waals surface area contributed by atoms with Gasteiger partial charge in [-0.2, -0.15) is 0 Å². The summed E-state index contributed by atoms with van der Waals surface area (Å²) >= 11 is 0. The Balaban J connectivity index is 3.49. The van der Waals surface area contributed by atoms with Crippen LogP contribution in [0.5, 0.6) is 0 Å². The van der Waals surface area contributed by atoms with Gasteiger partial charge in [-0.1, -0.05) is 13.8 Å². The molecule has 0 aliphatic heterocycles. The van der Waals surface area contributed by atoms with Gasteiger partial charge in [-0.3, -0.25) is 0 Å². The summed E-state index contributed by atoms with van der Waals surface area (Å²) in [6, 6.07) is 0. The van der Waals surface area contributed by atoms with Crippen molar-refractivity contribution in [2.24, 2.45) is 11.8 Å². The van der Waals surface area contributed by atoms with Crippen LogP contribution in [0.4, 0.5) is 0 Å². The molecule has 0 aliphatic carbocycles. The van der Waals surface area contributed by atoms with Crippen molar-refractivity contribution in [3.8, 4) is 12.3 Å². The van der Waals surface area contributed by atoms with Crippen LogP contribution in [0.15, 0.2) is 0 Å². The van der Waals surface area contributed by atoms with E-state index in [0.717, 1.165) is 0 Å². The van der Waals surface area contributed by atoms with Gasteiger partial charge in [-0.25, -0.2) is 0 Å². The molecule has 0 heterocycles. The van der Waals surface area contributed by atoms with Crippen LogP contribution in [-0.4, -0.2) is 11.7 Å². The van der Waals surface area contributed by atoms with Gasteiger partial charge in [0, 0.05) is 12.5 Å². The maximum absolute atomic E-state index is 8.54. The molecule has 1 heteroatoms. The summed E-state index contributed by atoms with van der Waals surface area (Å²) in [7, 11) is 0. The lowest BCUT2D eigenvalue weighted by molar-refractivity contribution is 0.215. The fourth-order valence-electron chi connectivity index (χ4n) is 0.322. The SMILES string of the molecule is C#CC(C)C(C)CO. The third-order valence-electron chi connectivity index (χ3n) is 1.40. The van der Waals surface area contributed by atoms with Crippen LogP contribution in [0.3, 0.4) is 0 Å². The second-order valence-corrected chi connectivity index (χ2v) is 2.12. The summed E-state index contributed by atoms with van der Waals surface area (Å²) in [4.78, 5) is 0. The van der Waals surface area contributed by atoms with Gasteiger partial charge in [0.15, 0.2) is 0 Å². The molecule has 2 atom stereocenters. The van der Waals surface area contributed by atoms with Gasteiger partial charge in [-0.05, 0) is 5.92 Å². The Bertz CT molecular complexity index is 91.1. The van der Waals surface area contributed by atoms with Gasteiger partial charge in [0.25, 0.3) is 0 Å². The second kappa shape index (κ2) is 3.51. The van der Waals surface area contributed by atoms with Crippen molar-refractivity contribution in [1.29, 1.82) is 0 Å². The van der Waals surface area contributed by atoms with Crippen LogP contribution in [0.2, 0.25) is 0 Å². The zero-order chi connectivity index (χ0) is 6.57. The summed E-state index contributed by atoms with van der Waals surface area (Å²) in [5, 5.41) is 8.54. The van der Waals surface area contributed by atoms with Gasteiger partial charge >= 0.3 is 0 Å². The number of hydrogen-bond donors (Lipinski definition) is 1. The van der Waals surface area contributed by atoms with Gasteiger partial charge in [0.05, 0.1) is 0 Å². The highest BCUT2D eigenvalue weighted by atomic mass is 16.3. The summed E-state index contributed by atoms with van der Waals surface area (Å²) in [6.45, 7) is 4.05. The smallest absolute Gasteiger partial charge is 0.0468 e. The first kappa shape index (κ1) is 7.52. The molecule has 0 radical (unpaired) electrons. The lowest BCUT2D eigenvalue weighted by Crippen LogP contribution is -2.09. The first-order valence-electron chi connectivity index (χ1n) is 2.79. The minimum Gasteiger partial charge on any atom is -0.396 e. The number of aliphatic hydroxyl groups excluding tert-OH is 1. The summed E-state index contributed by atoms with van der Waals surface area (Å²) < 4.78 is 0. The summed E-state index contributed by atoms with van der Waals surface area (Å²) in [5.74, 6) is 2.99. The Morgan fingerprint density at radius 1 is 1.62 bits per heavy atom. The van der Waals surface area contributed by atoms with E-state index in [2.05, 4.69) is 5.92 Å². The molecule has 46 valence electrons. The first-order valence-corrected chi connectivity index (χ1v) is 2.79. The molecule has 0 saturated heterocycles. The lowest BCUT2D eigenvalue weighted by Gasteiger charge is -2.09. The minimum absolute atomic E-state index is 0.186. The van der Waals surface area contributed by atoms with Crippen LogP contribution in [0.25, 0.3) is 0 Å². The quantitative estimate of drug-likeness (QED) is 0.526. The predicted octanol–water partition coefficient (Wildman–Crippen LogP) is 0.884. The normalized spacial score (nSPS) is 16.8. The van der Waals surface area contributed by atoms with Gasteiger partial charge in [-0.15, -0.1) is 12.3 Å². The lowest BCUT2D eigenvalue weighted by atomic mass is 9.98. The monoisotopic (exact) mass is 112 g/mol. The van der Waals surface area contributed by atoms with E-state index in [1.54, 1.807) is 0 Å². The number of aliphatic hydroxyl groups is 1. The van der Waals surface area contributed by atoms with Crippen molar-refractivity contribution < 1.29 is 5.11 Å². The van der Waals surface area contributed by atoms with Crippen molar-refractivity contribution in [3.05, 3.63) is 0 Å². The third kappa shape index (κ3) is 1.99. The van der Waals surface area contributed by atoms with Crippen molar-refractivity contribution >= 4 is 0 Å². The molecule has 2 unspecified atom stereocenters. The molecule has 8 heavy (non-hydrogen) atoms. The van der Waals surface area contributed by atoms with Crippen molar-refractivity contribution in [1.82, 2.24) is 0 Å². The molecule has 0 aromatic rings. The Hall–Kier alpha value is -0.480. The molecule has 1 N–H and O–H groups in total. The van der Waals surface area contributed by atoms with E-state index < -0.39 is 0 Å². The third-order valence-corrected chi connectivity index (χ3v) is 1.40. The van der Waals surface area contributed by atoms with Gasteiger partial charge in [0.1, 0.15) is 0 Å². The van der Waals surface area contributed by atoms with E-state index in [0.29, 0.717) is 0 Å². The number of hydrogen-bond acceptors (Lipinski definition) is 1. The molecule has 0 aromatic carbocycles. The minimum atomic E-state index is 0.186. The topological polar surface area (TPSA) is 20.2 Å². The Morgan fingerprint density at radius 2 is 2.12 bits per heavy atom. The van der Waals surface area contributed by atoms with Crippen LogP contribution in [0, 0.1) is 24.2 Å². The Labute approximate surface area is 50.7 Å². The van der Waals surface area contributed by atoms with Crippen molar-refractivity contribution in [2.45, 2.75) is 13.8 Å². The molecule has 0 amide bonds. The number of rotatable bonds is 2. The fraction of sp³-hybridized carbons (Fsp3) is 0.714. The van der Waals surface area contributed by atoms with Crippen molar-refractivity contribution in [2.75, 3.05) is 6.61 Å². The van der Waals surface area contributed by atoms with E-state index in [1.165, 1.54) is 0 Å². The molecule has 0 aromatic heterocycles. The average molecular weight is 112 g/mol. The standard InChI is InChI=1S/C7H12O/c1-4-6(2)7(3)5-8/h1,6-8H,5H2,2-3H3. The number of terminal acetylenes is 1. The van der Waals surface area contributed by atoms with E-state index in [9.17, 15) is 0 Å². The molecule has 0 bridgehead atoms. The highest BCUT2D eigenvalue weighted by molar-refractivity contribution is 4.92. The molecular weight excluding hydrogens is 100 g/mol. The van der Waals surface area contributed by atoms with Crippen LogP contribution in [0.1, 0.15) is 13.8 Å². The molecular formula is C7H12O.